The summed E-state index contributed by atoms with van der Waals surface area (Å²) in [7, 11) is 0. The van der Waals surface area contributed by atoms with Gasteiger partial charge in [0.1, 0.15) is 0 Å². The van der Waals surface area contributed by atoms with Crippen molar-refractivity contribution in [3.63, 3.8) is 0 Å². The number of aliphatic hydroxyl groups is 3. The first-order valence-corrected chi connectivity index (χ1v) is 12.1. The molecule has 2 fully saturated rings. The first-order valence-electron chi connectivity index (χ1n) is 12.1. The highest BCUT2D eigenvalue weighted by Crippen LogP contribution is 2.57. The smallest absolute Gasteiger partial charge is 0.393 e. The van der Waals surface area contributed by atoms with Gasteiger partial charge in [0.2, 0.25) is 0 Å². The molecule has 3 nitrogen and oxygen atoms in total. The van der Waals surface area contributed by atoms with Gasteiger partial charge in [0.05, 0.1) is 12.2 Å². The number of fused-ring (bicyclic) bond motifs is 1. The molecule has 198 valence electrons. The molecule has 0 radical (unpaired) electrons. The van der Waals surface area contributed by atoms with Crippen LogP contribution in [0.4, 0.5) is 26.3 Å². The summed E-state index contributed by atoms with van der Waals surface area (Å²) in [6, 6.07) is 0. The molecule has 0 saturated heterocycles. The summed E-state index contributed by atoms with van der Waals surface area (Å²) in [6.07, 6.45) is -1.33. The van der Waals surface area contributed by atoms with Crippen LogP contribution in [0.15, 0.2) is 47.1 Å². The van der Waals surface area contributed by atoms with E-state index in [1.54, 1.807) is 6.92 Å². The van der Waals surface area contributed by atoms with Crippen molar-refractivity contribution in [3.05, 3.63) is 47.1 Å². The zero-order valence-electron chi connectivity index (χ0n) is 20.0. The minimum atomic E-state index is -5.86. The maximum Gasteiger partial charge on any atom is 0.429 e. The predicted octanol–water partition coefficient (Wildman–Crippen LogP) is 6.32. The van der Waals surface area contributed by atoms with Crippen LogP contribution in [0, 0.1) is 17.3 Å². The maximum atomic E-state index is 12.9. The van der Waals surface area contributed by atoms with E-state index in [0.29, 0.717) is 19.3 Å². The summed E-state index contributed by atoms with van der Waals surface area (Å²) in [4.78, 5) is 0. The van der Waals surface area contributed by atoms with Crippen LogP contribution in [0.25, 0.3) is 0 Å². The van der Waals surface area contributed by atoms with Crippen LogP contribution < -0.4 is 0 Å². The van der Waals surface area contributed by atoms with Gasteiger partial charge >= 0.3 is 12.4 Å². The molecule has 0 aromatic carbocycles. The first-order chi connectivity index (χ1) is 16.1. The number of hydrogen-bond acceptors (Lipinski definition) is 3. The van der Waals surface area contributed by atoms with Crippen LogP contribution in [0.5, 0.6) is 0 Å². The fraction of sp³-hybridized carbons (Fsp3) is 0.692. The minimum absolute atomic E-state index is 0.0541. The standard InChI is InChI=1S/C26H34F6O3/c1-16(5-3-12-24(35,25(27,28)29)26(30,31)32)21-9-10-22-18(6-4-11-23(21,22)2)8-7-17-13-19(33)15-20(34)14-17/h3,7-9,12,16,19-20,22,33-35H,4-6,10-11,13-15H2,1-2H3/b12-3-,17-7?,18-8+/t16-,19-,20?,22+,23-/m1/s1. The van der Waals surface area contributed by atoms with E-state index in [9.17, 15) is 41.7 Å². The van der Waals surface area contributed by atoms with E-state index in [2.05, 4.69) is 19.1 Å². The molecule has 1 unspecified atom stereocenters. The Labute approximate surface area is 201 Å². The quantitative estimate of drug-likeness (QED) is 0.301. The molecule has 9 heteroatoms. The Morgan fingerprint density at radius 2 is 1.66 bits per heavy atom. The van der Waals surface area contributed by atoms with E-state index in [0.717, 1.165) is 42.9 Å². The Hall–Kier alpha value is -1.58. The van der Waals surface area contributed by atoms with E-state index in [-0.39, 0.29) is 29.7 Å². The van der Waals surface area contributed by atoms with Crippen molar-refractivity contribution in [3.8, 4) is 0 Å². The monoisotopic (exact) mass is 508 g/mol. The van der Waals surface area contributed by atoms with Crippen molar-refractivity contribution in [1.29, 1.82) is 0 Å². The van der Waals surface area contributed by atoms with Gasteiger partial charge in [-0.3, -0.25) is 0 Å². The van der Waals surface area contributed by atoms with E-state index in [1.807, 2.05) is 6.08 Å². The second-order valence-electron chi connectivity index (χ2n) is 10.5. The molecule has 0 aliphatic heterocycles. The molecule has 0 aromatic rings. The van der Waals surface area contributed by atoms with Gasteiger partial charge in [-0.2, -0.15) is 26.3 Å². The minimum Gasteiger partial charge on any atom is -0.393 e. The Bertz CT molecular complexity index is 872. The molecule has 3 aliphatic rings. The summed E-state index contributed by atoms with van der Waals surface area (Å²) in [6.45, 7) is 3.89. The van der Waals surface area contributed by atoms with Crippen molar-refractivity contribution >= 4 is 0 Å². The Balaban J connectivity index is 1.73. The highest BCUT2D eigenvalue weighted by molar-refractivity contribution is 5.35. The van der Waals surface area contributed by atoms with Crippen molar-refractivity contribution < 1.29 is 41.7 Å². The lowest BCUT2D eigenvalue weighted by atomic mass is 9.62. The zero-order chi connectivity index (χ0) is 26.2. The maximum absolute atomic E-state index is 12.9. The van der Waals surface area contributed by atoms with Gasteiger partial charge in [0, 0.05) is 0 Å². The molecule has 2 saturated carbocycles. The molecule has 0 aromatic heterocycles. The molecule has 3 N–H and O–H groups in total. The second-order valence-corrected chi connectivity index (χ2v) is 10.5. The normalized spacial score (nSPS) is 33.9. The third kappa shape index (κ3) is 5.72. The molecule has 3 rings (SSSR count). The molecule has 3 aliphatic carbocycles. The number of aliphatic hydroxyl groups excluding tert-OH is 2. The summed E-state index contributed by atoms with van der Waals surface area (Å²) >= 11 is 0. The van der Waals surface area contributed by atoms with Crippen molar-refractivity contribution in [2.24, 2.45) is 17.3 Å². The average molecular weight is 509 g/mol. The molecular weight excluding hydrogens is 474 g/mol. The number of allylic oxidation sites excluding steroid dienone is 6. The number of alkyl halides is 6. The molecule has 0 amide bonds. The third-order valence-electron chi connectivity index (χ3n) is 7.93. The largest absolute Gasteiger partial charge is 0.429 e. The first kappa shape index (κ1) is 28.0. The lowest BCUT2D eigenvalue weighted by Crippen LogP contribution is -2.55. The lowest BCUT2D eigenvalue weighted by molar-refractivity contribution is -0.347. The van der Waals surface area contributed by atoms with E-state index in [1.165, 1.54) is 5.57 Å². The highest BCUT2D eigenvalue weighted by atomic mass is 19.4. The van der Waals surface area contributed by atoms with Gasteiger partial charge in [-0.1, -0.05) is 54.9 Å². The van der Waals surface area contributed by atoms with Crippen LogP contribution in [-0.2, 0) is 0 Å². The van der Waals surface area contributed by atoms with Crippen LogP contribution in [0.3, 0.4) is 0 Å². The predicted molar refractivity (Wildman–Crippen MR) is 120 cm³/mol. The fourth-order valence-corrected chi connectivity index (χ4v) is 6.07. The molecule has 5 atom stereocenters. The van der Waals surface area contributed by atoms with Crippen LogP contribution in [-0.4, -0.2) is 45.5 Å². The van der Waals surface area contributed by atoms with E-state index >= 15 is 0 Å². The zero-order valence-corrected chi connectivity index (χ0v) is 20.0. The summed E-state index contributed by atoms with van der Waals surface area (Å²) in [5, 5.41) is 29.2. The van der Waals surface area contributed by atoms with Gasteiger partial charge in [0.25, 0.3) is 5.60 Å². The van der Waals surface area contributed by atoms with Crippen molar-refractivity contribution in [1.82, 2.24) is 0 Å². The van der Waals surface area contributed by atoms with E-state index in [4.69, 9.17) is 0 Å². The van der Waals surface area contributed by atoms with Gasteiger partial charge < -0.3 is 15.3 Å². The van der Waals surface area contributed by atoms with Gasteiger partial charge in [0.15, 0.2) is 0 Å². The molecule has 35 heavy (non-hydrogen) atoms. The van der Waals surface area contributed by atoms with Crippen molar-refractivity contribution in [2.45, 2.75) is 95.4 Å². The van der Waals surface area contributed by atoms with Crippen LogP contribution in [0.1, 0.15) is 65.2 Å². The van der Waals surface area contributed by atoms with E-state index < -0.39 is 30.2 Å². The number of rotatable bonds is 5. The SMILES string of the molecule is C[C@H](C/C=C\C(O)(C(F)(F)F)C(F)(F)F)C1=CC[C@H]2/C(=C/C=C3CC(O)C[C@H](O)C3)CCC[C@]12C. The Morgan fingerprint density at radius 1 is 1.06 bits per heavy atom. The van der Waals surface area contributed by atoms with Gasteiger partial charge in [-0.25, -0.2) is 0 Å². The number of halogens is 6. The van der Waals surface area contributed by atoms with Crippen LogP contribution >= 0.6 is 0 Å². The lowest BCUT2D eigenvalue weighted by Gasteiger charge is -2.42. The molecule has 0 spiro atoms. The average Bonchev–Trinajstić information content (AvgIpc) is 3.07. The molecule has 0 bridgehead atoms. The number of hydrogen-bond donors (Lipinski definition) is 3. The molecule has 0 heterocycles. The fourth-order valence-electron chi connectivity index (χ4n) is 6.07. The summed E-state index contributed by atoms with van der Waals surface area (Å²) in [5.74, 6) is -0.0939. The molecular formula is C26H34F6O3. The summed E-state index contributed by atoms with van der Waals surface area (Å²) in [5.41, 5.74) is -1.87. The third-order valence-corrected chi connectivity index (χ3v) is 7.93. The highest BCUT2D eigenvalue weighted by Gasteiger charge is 2.68. The topological polar surface area (TPSA) is 60.7 Å². The summed E-state index contributed by atoms with van der Waals surface area (Å²) < 4.78 is 77.6. The Morgan fingerprint density at radius 3 is 2.23 bits per heavy atom. The van der Waals surface area contributed by atoms with Crippen LogP contribution in [0.2, 0.25) is 0 Å². The van der Waals surface area contributed by atoms with Gasteiger partial charge in [-0.15, -0.1) is 0 Å². The van der Waals surface area contributed by atoms with Crippen molar-refractivity contribution in [2.75, 3.05) is 0 Å². The Kier molecular flexibility index (Phi) is 8.04. The second kappa shape index (κ2) is 10.1. The van der Waals surface area contributed by atoms with Gasteiger partial charge in [-0.05, 0) is 74.7 Å².